The SMILES string of the molecule is CCC(CC)NCCSc1ccccc1C. The van der Waals surface area contributed by atoms with Crippen molar-refractivity contribution in [1.29, 1.82) is 0 Å². The Morgan fingerprint density at radius 1 is 1.19 bits per heavy atom. The predicted molar refractivity (Wildman–Crippen MR) is 74.3 cm³/mol. The van der Waals surface area contributed by atoms with Crippen LogP contribution in [0.3, 0.4) is 0 Å². The van der Waals surface area contributed by atoms with Crippen molar-refractivity contribution in [2.24, 2.45) is 0 Å². The first-order valence-corrected chi connectivity index (χ1v) is 7.18. The van der Waals surface area contributed by atoms with E-state index in [1.807, 2.05) is 11.8 Å². The summed E-state index contributed by atoms with van der Waals surface area (Å²) in [6, 6.07) is 9.29. The zero-order valence-electron chi connectivity index (χ0n) is 10.6. The number of nitrogens with one attached hydrogen (secondary N) is 1. The Balaban J connectivity index is 2.23. The van der Waals surface area contributed by atoms with E-state index in [1.165, 1.54) is 23.3 Å². The Bertz CT molecular complexity index is 295. The van der Waals surface area contributed by atoms with E-state index >= 15 is 0 Å². The zero-order valence-corrected chi connectivity index (χ0v) is 11.4. The van der Waals surface area contributed by atoms with Gasteiger partial charge in [-0.1, -0.05) is 32.0 Å². The molecule has 0 aliphatic rings. The average molecular weight is 237 g/mol. The molecule has 1 N–H and O–H groups in total. The number of thioether (sulfide) groups is 1. The Hall–Kier alpha value is -0.470. The lowest BCUT2D eigenvalue weighted by molar-refractivity contribution is 0.501. The minimum Gasteiger partial charge on any atom is -0.313 e. The first-order chi connectivity index (χ1) is 7.77. The van der Waals surface area contributed by atoms with E-state index < -0.39 is 0 Å². The Labute approximate surface area is 104 Å². The summed E-state index contributed by atoms with van der Waals surface area (Å²) in [6.45, 7) is 7.77. The van der Waals surface area contributed by atoms with Crippen LogP contribution in [0.1, 0.15) is 32.3 Å². The van der Waals surface area contributed by atoms with Crippen LogP contribution in [0.2, 0.25) is 0 Å². The number of hydrogen-bond donors (Lipinski definition) is 1. The lowest BCUT2D eigenvalue weighted by Crippen LogP contribution is -2.29. The predicted octanol–water partition coefficient (Wildman–Crippen LogP) is 3.87. The Morgan fingerprint density at radius 3 is 2.50 bits per heavy atom. The molecule has 0 heterocycles. The van der Waals surface area contributed by atoms with E-state index in [-0.39, 0.29) is 0 Å². The largest absolute Gasteiger partial charge is 0.313 e. The maximum absolute atomic E-state index is 3.59. The molecule has 0 saturated heterocycles. The molecule has 0 amide bonds. The van der Waals surface area contributed by atoms with Crippen molar-refractivity contribution in [3.63, 3.8) is 0 Å². The molecule has 0 aromatic heterocycles. The van der Waals surface area contributed by atoms with Gasteiger partial charge in [0.25, 0.3) is 0 Å². The fourth-order valence-corrected chi connectivity index (χ4v) is 2.63. The van der Waals surface area contributed by atoms with Gasteiger partial charge >= 0.3 is 0 Å². The van der Waals surface area contributed by atoms with Gasteiger partial charge in [-0.3, -0.25) is 0 Å². The number of aryl methyl sites for hydroxylation is 1. The van der Waals surface area contributed by atoms with Crippen molar-refractivity contribution in [1.82, 2.24) is 5.32 Å². The standard InChI is InChI=1S/C14H23NS/c1-4-13(5-2)15-10-11-16-14-9-7-6-8-12(14)3/h6-9,13,15H,4-5,10-11H2,1-3H3. The van der Waals surface area contributed by atoms with Gasteiger partial charge in [0, 0.05) is 23.2 Å². The van der Waals surface area contributed by atoms with Crippen molar-refractivity contribution in [3.8, 4) is 0 Å². The summed E-state index contributed by atoms with van der Waals surface area (Å²) in [5.41, 5.74) is 1.38. The maximum atomic E-state index is 3.59. The fourth-order valence-electron chi connectivity index (χ4n) is 1.72. The summed E-state index contributed by atoms with van der Waals surface area (Å²) in [5, 5.41) is 3.59. The fraction of sp³-hybridized carbons (Fsp3) is 0.571. The van der Waals surface area contributed by atoms with E-state index in [9.17, 15) is 0 Å². The van der Waals surface area contributed by atoms with Gasteiger partial charge in [-0.2, -0.15) is 0 Å². The molecule has 0 atom stereocenters. The minimum atomic E-state index is 0.692. The van der Waals surface area contributed by atoms with Gasteiger partial charge in [-0.15, -0.1) is 11.8 Å². The molecule has 0 bridgehead atoms. The normalized spacial score (nSPS) is 11.0. The molecule has 1 aromatic rings. The van der Waals surface area contributed by atoms with Crippen LogP contribution in [-0.2, 0) is 0 Å². The molecule has 0 unspecified atom stereocenters. The summed E-state index contributed by atoms with van der Waals surface area (Å²) >= 11 is 1.95. The summed E-state index contributed by atoms with van der Waals surface area (Å²) < 4.78 is 0. The third-order valence-corrected chi connectivity index (χ3v) is 4.05. The quantitative estimate of drug-likeness (QED) is 0.571. The zero-order chi connectivity index (χ0) is 11.8. The minimum absolute atomic E-state index is 0.692. The summed E-state index contributed by atoms with van der Waals surface area (Å²) in [5.74, 6) is 1.15. The highest BCUT2D eigenvalue weighted by Crippen LogP contribution is 2.20. The molecule has 0 saturated carbocycles. The van der Waals surface area contributed by atoms with Gasteiger partial charge in [0.2, 0.25) is 0 Å². The second kappa shape index (κ2) is 7.75. The molecule has 0 aliphatic carbocycles. The third-order valence-electron chi connectivity index (χ3n) is 2.87. The number of hydrogen-bond acceptors (Lipinski definition) is 2. The topological polar surface area (TPSA) is 12.0 Å². The van der Waals surface area contributed by atoms with Gasteiger partial charge in [0.15, 0.2) is 0 Å². The highest BCUT2D eigenvalue weighted by molar-refractivity contribution is 7.99. The summed E-state index contributed by atoms with van der Waals surface area (Å²) in [4.78, 5) is 1.41. The Morgan fingerprint density at radius 2 is 1.88 bits per heavy atom. The van der Waals surface area contributed by atoms with Crippen LogP contribution in [0.4, 0.5) is 0 Å². The van der Waals surface area contributed by atoms with E-state index in [0.29, 0.717) is 6.04 Å². The smallest absolute Gasteiger partial charge is 0.0106 e. The second-order valence-electron chi connectivity index (χ2n) is 4.08. The average Bonchev–Trinajstić information content (AvgIpc) is 2.31. The number of benzene rings is 1. The summed E-state index contributed by atoms with van der Waals surface area (Å²) in [6.07, 6.45) is 2.46. The maximum Gasteiger partial charge on any atom is 0.0106 e. The second-order valence-corrected chi connectivity index (χ2v) is 5.22. The van der Waals surface area contributed by atoms with Gasteiger partial charge in [0.1, 0.15) is 0 Å². The van der Waals surface area contributed by atoms with E-state index in [4.69, 9.17) is 0 Å². The van der Waals surface area contributed by atoms with Gasteiger partial charge in [0.05, 0.1) is 0 Å². The molecule has 1 aromatic carbocycles. The molecule has 0 aliphatic heterocycles. The first-order valence-electron chi connectivity index (χ1n) is 6.19. The van der Waals surface area contributed by atoms with Crippen LogP contribution in [0.15, 0.2) is 29.2 Å². The Kier molecular flexibility index (Phi) is 6.58. The van der Waals surface area contributed by atoms with Crippen molar-refractivity contribution >= 4 is 11.8 Å². The highest BCUT2D eigenvalue weighted by atomic mass is 32.2. The first kappa shape index (κ1) is 13.6. The third kappa shape index (κ3) is 4.58. The molecule has 0 spiro atoms. The van der Waals surface area contributed by atoms with Gasteiger partial charge in [-0.05, 0) is 31.4 Å². The number of rotatable bonds is 7. The van der Waals surface area contributed by atoms with Crippen LogP contribution < -0.4 is 5.32 Å². The van der Waals surface area contributed by atoms with Crippen LogP contribution in [0.5, 0.6) is 0 Å². The highest BCUT2D eigenvalue weighted by Gasteiger charge is 2.02. The molecule has 90 valence electrons. The van der Waals surface area contributed by atoms with Crippen molar-refractivity contribution < 1.29 is 0 Å². The summed E-state index contributed by atoms with van der Waals surface area (Å²) in [7, 11) is 0. The molecular formula is C14H23NS. The van der Waals surface area contributed by atoms with E-state index in [2.05, 4.69) is 50.4 Å². The van der Waals surface area contributed by atoms with Gasteiger partial charge in [-0.25, -0.2) is 0 Å². The molecule has 0 radical (unpaired) electrons. The molecule has 16 heavy (non-hydrogen) atoms. The van der Waals surface area contributed by atoms with Crippen molar-refractivity contribution in [2.45, 2.75) is 44.6 Å². The monoisotopic (exact) mass is 237 g/mol. The van der Waals surface area contributed by atoms with Gasteiger partial charge < -0.3 is 5.32 Å². The molecule has 1 rings (SSSR count). The van der Waals surface area contributed by atoms with Crippen LogP contribution in [-0.4, -0.2) is 18.3 Å². The molecule has 2 heteroatoms. The van der Waals surface area contributed by atoms with E-state index in [0.717, 1.165) is 12.3 Å². The van der Waals surface area contributed by atoms with E-state index in [1.54, 1.807) is 0 Å². The van der Waals surface area contributed by atoms with Crippen molar-refractivity contribution in [3.05, 3.63) is 29.8 Å². The molecule has 0 fully saturated rings. The lowest BCUT2D eigenvalue weighted by atomic mass is 10.2. The van der Waals surface area contributed by atoms with Crippen molar-refractivity contribution in [2.75, 3.05) is 12.3 Å². The van der Waals surface area contributed by atoms with Crippen LogP contribution in [0.25, 0.3) is 0 Å². The van der Waals surface area contributed by atoms with Crippen LogP contribution in [0, 0.1) is 6.92 Å². The van der Waals surface area contributed by atoms with Crippen LogP contribution >= 0.6 is 11.8 Å². The molecule has 1 nitrogen and oxygen atoms in total. The molecular weight excluding hydrogens is 214 g/mol. The lowest BCUT2D eigenvalue weighted by Gasteiger charge is -2.14.